The van der Waals surface area contributed by atoms with Gasteiger partial charge in [-0.3, -0.25) is 4.79 Å². The first kappa shape index (κ1) is 15.9. The number of fused-ring (bicyclic) bond motifs is 1. The van der Waals surface area contributed by atoms with E-state index in [1.807, 2.05) is 25.1 Å². The number of alkyl halides is 2. The van der Waals surface area contributed by atoms with Crippen molar-refractivity contribution in [2.24, 2.45) is 0 Å². The highest BCUT2D eigenvalue weighted by Crippen LogP contribution is 2.32. The number of nitrogens with one attached hydrogen (secondary N) is 1. The summed E-state index contributed by atoms with van der Waals surface area (Å²) >= 11 is 0. The van der Waals surface area contributed by atoms with Gasteiger partial charge < -0.3 is 15.0 Å². The van der Waals surface area contributed by atoms with Crippen LogP contribution >= 0.6 is 0 Å². The van der Waals surface area contributed by atoms with Gasteiger partial charge in [0.25, 0.3) is 5.92 Å². The van der Waals surface area contributed by atoms with Crippen LogP contribution in [0.1, 0.15) is 24.2 Å². The van der Waals surface area contributed by atoms with Crippen LogP contribution in [0.2, 0.25) is 0 Å². The number of halogens is 2. The molecule has 1 atom stereocenters. The van der Waals surface area contributed by atoms with Gasteiger partial charge in [-0.05, 0) is 18.6 Å². The minimum Gasteiger partial charge on any atom is -0.394 e. The Balaban J connectivity index is 1.67. The van der Waals surface area contributed by atoms with Crippen molar-refractivity contribution in [1.29, 1.82) is 0 Å². The third-order valence-corrected chi connectivity index (χ3v) is 4.25. The SMILES string of the molecule is Cc1cccc2[nH]c(CCC(=O)N3CC(F)(F)CC3CO)nc12. The number of H-pyrrole nitrogens is 1. The van der Waals surface area contributed by atoms with Crippen molar-refractivity contribution in [2.75, 3.05) is 13.2 Å². The Bertz CT molecular complexity index is 729. The molecule has 2 aromatic rings. The van der Waals surface area contributed by atoms with Crippen LogP contribution in [0.3, 0.4) is 0 Å². The van der Waals surface area contributed by atoms with Gasteiger partial charge in [0.15, 0.2) is 0 Å². The molecule has 0 aliphatic carbocycles. The van der Waals surface area contributed by atoms with Gasteiger partial charge in [-0.2, -0.15) is 0 Å². The highest BCUT2D eigenvalue weighted by molar-refractivity contribution is 5.79. The number of aromatic amines is 1. The first-order chi connectivity index (χ1) is 10.9. The molecule has 1 fully saturated rings. The Morgan fingerprint density at radius 2 is 2.30 bits per heavy atom. The lowest BCUT2D eigenvalue weighted by Gasteiger charge is -2.22. The first-order valence-corrected chi connectivity index (χ1v) is 7.62. The van der Waals surface area contributed by atoms with Gasteiger partial charge in [-0.15, -0.1) is 0 Å². The summed E-state index contributed by atoms with van der Waals surface area (Å²) in [6, 6.07) is 4.98. The monoisotopic (exact) mass is 323 g/mol. The minimum absolute atomic E-state index is 0.0887. The number of hydrogen-bond acceptors (Lipinski definition) is 3. The second-order valence-electron chi connectivity index (χ2n) is 6.07. The van der Waals surface area contributed by atoms with Crippen molar-refractivity contribution in [2.45, 2.75) is 38.2 Å². The maximum atomic E-state index is 13.4. The summed E-state index contributed by atoms with van der Waals surface area (Å²) in [5, 5.41) is 9.18. The molecular weight excluding hydrogens is 304 g/mol. The van der Waals surface area contributed by atoms with E-state index in [2.05, 4.69) is 9.97 Å². The normalized spacial score (nSPS) is 20.3. The van der Waals surface area contributed by atoms with E-state index < -0.39 is 31.5 Å². The summed E-state index contributed by atoms with van der Waals surface area (Å²) in [5.41, 5.74) is 2.79. The Morgan fingerprint density at radius 1 is 1.52 bits per heavy atom. The number of aryl methyl sites for hydroxylation is 2. The molecule has 1 aliphatic rings. The Kier molecular flexibility index (Phi) is 4.06. The lowest BCUT2D eigenvalue weighted by Crippen LogP contribution is -2.38. The fraction of sp³-hybridized carbons (Fsp3) is 0.500. The summed E-state index contributed by atoms with van der Waals surface area (Å²) in [4.78, 5) is 20.9. The Labute approximate surface area is 132 Å². The van der Waals surface area contributed by atoms with Gasteiger partial charge in [0, 0.05) is 19.3 Å². The fourth-order valence-corrected chi connectivity index (χ4v) is 3.07. The van der Waals surface area contributed by atoms with Crippen LogP contribution in [-0.4, -0.2) is 51.0 Å². The first-order valence-electron chi connectivity index (χ1n) is 7.62. The van der Waals surface area contributed by atoms with Crippen molar-refractivity contribution >= 4 is 16.9 Å². The second kappa shape index (κ2) is 5.88. The Morgan fingerprint density at radius 3 is 3.00 bits per heavy atom. The number of imidazole rings is 1. The summed E-state index contributed by atoms with van der Waals surface area (Å²) < 4.78 is 26.8. The summed E-state index contributed by atoms with van der Waals surface area (Å²) in [6.07, 6.45) is -0.0301. The van der Waals surface area contributed by atoms with Gasteiger partial charge in [0.2, 0.25) is 5.91 Å². The van der Waals surface area contributed by atoms with Gasteiger partial charge in [-0.25, -0.2) is 13.8 Å². The number of carbonyl (C=O) groups excluding carboxylic acids is 1. The Hall–Kier alpha value is -2.02. The number of carbonyl (C=O) groups is 1. The number of aliphatic hydroxyl groups excluding tert-OH is 1. The predicted octanol–water partition coefficient (Wildman–Crippen LogP) is 2.03. The third kappa shape index (κ3) is 3.19. The number of rotatable bonds is 4. The van der Waals surface area contributed by atoms with Crippen LogP contribution in [-0.2, 0) is 11.2 Å². The number of amides is 1. The van der Waals surface area contributed by atoms with Gasteiger partial charge in [0.05, 0.1) is 30.2 Å². The molecule has 0 spiro atoms. The van der Waals surface area contributed by atoms with Crippen molar-refractivity contribution in [3.63, 3.8) is 0 Å². The van der Waals surface area contributed by atoms with E-state index in [4.69, 9.17) is 0 Å². The molecule has 7 heteroatoms. The average molecular weight is 323 g/mol. The van der Waals surface area contributed by atoms with Crippen molar-refractivity contribution < 1.29 is 18.7 Å². The molecule has 0 saturated carbocycles. The second-order valence-corrected chi connectivity index (χ2v) is 6.07. The van der Waals surface area contributed by atoms with Crippen molar-refractivity contribution in [1.82, 2.24) is 14.9 Å². The summed E-state index contributed by atoms with van der Waals surface area (Å²) in [6.45, 7) is 0.901. The molecule has 3 rings (SSSR count). The maximum absolute atomic E-state index is 13.4. The molecule has 1 amide bonds. The van der Waals surface area contributed by atoms with Gasteiger partial charge >= 0.3 is 0 Å². The number of hydrogen-bond donors (Lipinski definition) is 2. The third-order valence-electron chi connectivity index (χ3n) is 4.25. The van der Waals surface area contributed by atoms with E-state index in [1.165, 1.54) is 0 Å². The number of para-hydroxylation sites is 1. The minimum atomic E-state index is -2.92. The van der Waals surface area contributed by atoms with Crippen LogP contribution in [0.4, 0.5) is 8.78 Å². The average Bonchev–Trinajstić information content (AvgIpc) is 3.06. The van der Waals surface area contributed by atoms with E-state index in [9.17, 15) is 18.7 Å². The van der Waals surface area contributed by atoms with Crippen LogP contribution in [0.25, 0.3) is 11.0 Å². The van der Waals surface area contributed by atoms with Crippen molar-refractivity contribution in [3.8, 4) is 0 Å². The molecule has 5 nitrogen and oxygen atoms in total. The van der Waals surface area contributed by atoms with E-state index in [0.29, 0.717) is 12.2 Å². The number of aliphatic hydroxyl groups is 1. The number of benzene rings is 1. The van der Waals surface area contributed by atoms with Crippen molar-refractivity contribution in [3.05, 3.63) is 29.6 Å². The van der Waals surface area contributed by atoms with Gasteiger partial charge in [0.1, 0.15) is 5.82 Å². The maximum Gasteiger partial charge on any atom is 0.267 e. The topological polar surface area (TPSA) is 69.2 Å². The molecule has 2 N–H and O–H groups in total. The highest BCUT2D eigenvalue weighted by Gasteiger charge is 2.46. The molecule has 2 heterocycles. The van der Waals surface area contributed by atoms with Crippen LogP contribution in [0, 0.1) is 6.92 Å². The largest absolute Gasteiger partial charge is 0.394 e. The van der Waals surface area contributed by atoms with Crippen LogP contribution in [0.5, 0.6) is 0 Å². The molecule has 1 aromatic heterocycles. The molecule has 1 aliphatic heterocycles. The zero-order valence-electron chi connectivity index (χ0n) is 12.9. The molecule has 1 saturated heterocycles. The molecule has 0 radical (unpaired) electrons. The lowest BCUT2D eigenvalue weighted by molar-refractivity contribution is -0.133. The number of aromatic nitrogens is 2. The number of likely N-dealkylation sites (tertiary alicyclic amines) is 1. The molecule has 0 bridgehead atoms. The zero-order chi connectivity index (χ0) is 16.6. The van der Waals surface area contributed by atoms with Crippen LogP contribution in [0.15, 0.2) is 18.2 Å². The molecular formula is C16H19F2N3O2. The quantitative estimate of drug-likeness (QED) is 0.904. The van der Waals surface area contributed by atoms with Gasteiger partial charge in [-0.1, -0.05) is 12.1 Å². The molecule has 23 heavy (non-hydrogen) atoms. The van der Waals surface area contributed by atoms with E-state index in [1.54, 1.807) is 0 Å². The van der Waals surface area contributed by atoms with E-state index in [0.717, 1.165) is 21.5 Å². The number of nitrogens with zero attached hydrogens (tertiary/aromatic N) is 2. The predicted molar refractivity (Wildman–Crippen MR) is 81.3 cm³/mol. The fourth-order valence-electron chi connectivity index (χ4n) is 3.07. The molecule has 1 unspecified atom stereocenters. The highest BCUT2D eigenvalue weighted by atomic mass is 19.3. The zero-order valence-corrected chi connectivity index (χ0v) is 12.9. The molecule has 124 valence electrons. The smallest absolute Gasteiger partial charge is 0.267 e. The molecule has 1 aromatic carbocycles. The summed E-state index contributed by atoms with van der Waals surface area (Å²) in [5.74, 6) is -2.63. The summed E-state index contributed by atoms with van der Waals surface area (Å²) in [7, 11) is 0. The van der Waals surface area contributed by atoms with Crippen LogP contribution < -0.4 is 0 Å². The van der Waals surface area contributed by atoms with E-state index >= 15 is 0 Å². The standard InChI is InChI=1S/C16H19F2N3O2/c1-10-3-2-4-12-15(10)20-13(19-12)5-6-14(23)21-9-16(17,18)7-11(21)8-22/h2-4,11,22H,5-9H2,1H3,(H,19,20). The van der Waals surface area contributed by atoms with E-state index in [-0.39, 0.29) is 12.3 Å². The lowest BCUT2D eigenvalue weighted by atomic mass is 10.2.